The van der Waals surface area contributed by atoms with E-state index in [4.69, 9.17) is 10.5 Å². The molecule has 3 heterocycles. The van der Waals surface area contributed by atoms with E-state index in [1.807, 2.05) is 45.0 Å². The second-order valence-electron chi connectivity index (χ2n) is 7.16. The molecular weight excluding hydrogens is 402 g/mol. The first-order valence-electron chi connectivity index (χ1n) is 9.76. The molecule has 9 heteroatoms. The summed E-state index contributed by atoms with van der Waals surface area (Å²) < 4.78 is 8.49. The van der Waals surface area contributed by atoms with Gasteiger partial charge in [0.25, 0.3) is 0 Å². The molecule has 0 bridgehead atoms. The molecule has 0 aliphatic rings. The number of ether oxygens (including phenoxy) is 1. The molecule has 156 valence electrons. The van der Waals surface area contributed by atoms with E-state index < -0.39 is 5.97 Å². The standard InChI is InChI=1S/C21H23N5O3S/c1-4-9-25-14-7-5-6-8-15(14)26(21(25)28)10-17(27)29-11-16-23-19(22)18-12(2)13(3)30-20(18)24-16/h5-8H,4,9-11H2,1-3H3,(H2,22,23,24). The second-order valence-corrected chi connectivity index (χ2v) is 8.36. The SMILES string of the molecule is CCCn1c(=O)n(CC(=O)OCc2nc(N)c3c(C)c(C)sc3n2)c2ccccc21. The van der Waals surface area contributed by atoms with Gasteiger partial charge in [-0.05, 0) is 38.0 Å². The zero-order chi connectivity index (χ0) is 21.4. The Morgan fingerprint density at radius 3 is 2.57 bits per heavy atom. The van der Waals surface area contributed by atoms with Crippen molar-refractivity contribution in [1.82, 2.24) is 19.1 Å². The van der Waals surface area contributed by atoms with Crippen molar-refractivity contribution in [2.24, 2.45) is 0 Å². The lowest BCUT2D eigenvalue weighted by molar-refractivity contribution is -0.145. The number of thiophene rings is 1. The van der Waals surface area contributed by atoms with E-state index in [2.05, 4.69) is 9.97 Å². The number of rotatable bonds is 6. The highest BCUT2D eigenvalue weighted by Gasteiger charge is 2.17. The van der Waals surface area contributed by atoms with Crippen LogP contribution in [-0.2, 0) is 29.2 Å². The minimum atomic E-state index is -0.530. The van der Waals surface area contributed by atoms with Gasteiger partial charge in [-0.3, -0.25) is 13.9 Å². The maximum absolute atomic E-state index is 12.8. The molecule has 0 unspecified atom stereocenters. The lowest BCUT2D eigenvalue weighted by atomic mass is 10.2. The van der Waals surface area contributed by atoms with Gasteiger partial charge < -0.3 is 10.5 Å². The van der Waals surface area contributed by atoms with Crippen molar-refractivity contribution >= 4 is 44.4 Å². The minimum Gasteiger partial charge on any atom is -0.456 e. The molecule has 0 saturated heterocycles. The molecule has 0 fully saturated rings. The van der Waals surface area contributed by atoms with Crippen LogP contribution in [0.25, 0.3) is 21.3 Å². The molecule has 0 saturated carbocycles. The van der Waals surface area contributed by atoms with E-state index >= 15 is 0 Å². The zero-order valence-corrected chi connectivity index (χ0v) is 18.0. The van der Waals surface area contributed by atoms with Crippen LogP contribution in [-0.4, -0.2) is 25.1 Å². The van der Waals surface area contributed by atoms with Gasteiger partial charge in [-0.2, -0.15) is 0 Å². The molecule has 0 radical (unpaired) electrons. The molecule has 2 N–H and O–H groups in total. The number of hydrogen-bond acceptors (Lipinski definition) is 7. The summed E-state index contributed by atoms with van der Waals surface area (Å²) in [7, 11) is 0. The first kappa shape index (κ1) is 20.1. The van der Waals surface area contributed by atoms with Crippen LogP contribution in [0.3, 0.4) is 0 Å². The van der Waals surface area contributed by atoms with Gasteiger partial charge in [-0.15, -0.1) is 11.3 Å². The quantitative estimate of drug-likeness (QED) is 0.476. The molecule has 0 atom stereocenters. The Morgan fingerprint density at radius 2 is 1.87 bits per heavy atom. The number of esters is 1. The van der Waals surface area contributed by atoms with Crippen LogP contribution in [0.2, 0.25) is 0 Å². The lowest BCUT2D eigenvalue weighted by Gasteiger charge is -2.06. The molecule has 4 rings (SSSR count). The molecule has 0 amide bonds. The van der Waals surface area contributed by atoms with Gasteiger partial charge >= 0.3 is 11.7 Å². The summed E-state index contributed by atoms with van der Waals surface area (Å²) in [5.74, 6) is 0.194. The van der Waals surface area contributed by atoms with Gasteiger partial charge in [-0.1, -0.05) is 19.1 Å². The van der Waals surface area contributed by atoms with E-state index in [1.165, 1.54) is 15.9 Å². The van der Waals surface area contributed by atoms with Crippen molar-refractivity contribution < 1.29 is 9.53 Å². The van der Waals surface area contributed by atoms with Crippen LogP contribution < -0.4 is 11.4 Å². The van der Waals surface area contributed by atoms with Crippen LogP contribution in [0.1, 0.15) is 29.6 Å². The molecule has 1 aromatic carbocycles. The van der Waals surface area contributed by atoms with Crippen molar-refractivity contribution in [2.45, 2.75) is 46.9 Å². The summed E-state index contributed by atoms with van der Waals surface area (Å²) in [5, 5.41) is 0.850. The number of carbonyl (C=O) groups is 1. The topological polar surface area (TPSA) is 105 Å². The maximum atomic E-state index is 12.8. The summed E-state index contributed by atoms with van der Waals surface area (Å²) in [6, 6.07) is 7.43. The Labute approximate surface area is 176 Å². The van der Waals surface area contributed by atoms with E-state index in [9.17, 15) is 9.59 Å². The highest BCUT2D eigenvalue weighted by atomic mass is 32.1. The summed E-state index contributed by atoms with van der Waals surface area (Å²) in [6.45, 7) is 6.32. The van der Waals surface area contributed by atoms with Crippen molar-refractivity contribution in [1.29, 1.82) is 0 Å². The van der Waals surface area contributed by atoms with Gasteiger partial charge in [0.15, 0.2) is 12.4 Å². The summed E-state index contributed by atoms with van der Waals surface area (Å²) in [6.07, 6.45) is 0.821. The van der Waals surface area contributed by atoms with Crippen molar-refractivity contribution in [3.05, 3.63) is 51.0 Å². The van der Waals surface area contributed by atoms with Gasteiger partial charge in [0.2, 0.25) is 0 Å². The number of para-hydroxylation sites is 2. The third kappa shape index (κ3) is 3.45. The van der Waals surface area contributed by atoms with E-state index in [-0.39, 0.29) is 18.8 Å². The number of aromatic nitrogens is 4. The van der Waals surface area contributed by atoms with Crippen LogP contribution in [0.15, 0.2) is 29.1 Å². The average Bonchev–Trinajstić information content (AvgIpc) is 3.15. The van der Waals surface area contributed by atoms with Crippen LogP contribution in [0.5, 0.6) is 0 Å². The smallest absolute Gasteiger partial charge is 0.329 e. The first-order chi connectivity index (χ1) is 14.4. The molecular formula is C21H23N5O3S. The second kappa shape index (κ2) is 7.91. The number of nitrogens with zero attached hydrogens (tertiary/aromatic N) is 4. The molecule has 30 heavy (non-hydrogen) atoms. The van der Waals surface area contributed by atoms with Gasteiger partial charge in [-0.25, -0.2) is 14.8 Å². The number of imidazole rings is 1. The van der Waals surface area contributed by atoms with Crippen molar-refractivity contribution in [3.8, 4) is 0 Å². The Kier molecular flexibility index (Phi) is 5.29. The summed E-state index contributed by atoms with van der Waals surface area (Å²) in [4.78, 5) is 35.9. The van der Waals surface area contributed by atoms with Crippen molar-refractivity contribution in [2.75, 3.05) is 5.73 Å². The van der Waals surface area contributed by atoms with Gasteiger partial charge in [0.05, 0.1) is 16.4 Å². The fourth-order valence-corrected chi connectivity index (χ4v) is 4.63. The fraction of sp³-hybridized carbons (Fsp3) is 0.333. The zero-order valence-electron chi connectivity index (χ0n) is 17.1. The molecule has 0 spiro atoms. The third-order valence-electron chi connectivity index (χ3n) is 5.12. The molecule has 4 aromatic rings. The molecule has 0 aliphatic heterocycles. The molecule has 0 aliphatic carbocycles. The van der Waals surface area contributed by atoms with E-state index in [1.54, 1.807) is 4.57 Å². The van der Waals surface area contributed by atoms with Gasteiger partial charge in [0.1, 0.15) is 17.2 Å². The Morgan fingerprint density at radius 1 is 1.17 bits per heavy atom. The van der Waals surface area contributed by atoms with Crippen LogP contribution >= 0.6 is 11.3 Å². The normalized spacial score (nSPS) is 11.4. The Hall–Kier alpha value is -3.20. The monoisotopic (exact) mass is 425 g/mol. The highest BCUT2D eigenvalue weighted by Crippen LogP contribution is 2.31. The predicted octanol–water partition coefficient (Wildman–Crippen LogP) is 3.16. The van der Waals surface area contributed by atoms with Crippen LogP contribution in [0.4, 0.5) is 5.82 Å². The predicted molar refractivity (Wildman–Crippen MR) is 118 cm³/mol. The molecule has 8 nitrogen and oxygen atoms in total. The number of fused-ring (bicyclic) bond motifs is 2. The minimum absolute atomic E-state index is 0.0999. The maximum Gasteiger partial charge on any atom is 0.329 e. The molecule has 3 aromatic heterocycles. The summed E-state index contributed by atoms with van der Waals surface area (Å²) in [5.41, 5.74) is 8.44. The fourth-order valence-electron chi connectivity index (χ4n) is 3.58. The van der Waals surface area contributed by atoms with E-state index in [0.717, 1.165) is 32.6 Å². The highest BCUT2D eigenvalue weighted by molar-refractivity contribution is 7.18. The van der Waals surface area contributed by atoms with Crippen LogP contribution in [0, 0.1) is 13.8 Å². The number of nitrogens with two attached hydrogens (primary N) is 1. The first-order valence-corrected chi connectivity index (χ1v) is 10.6. The Balaban J connectivity index is 1.54. The third-order valence-corrected chi connectivity index (χ3v) is 6.23. The number of nitrogen functional groups attached to an aromatic ring is 1. The number of hydrogen-bond donors (Lipinski definition) is 1. The number of anilines is 1. The summed E-state index contributed by atoms with van der Waals surface area (Å²) >= 11 is 1.53. The number of benzene rings is 1. The number of carbonyl (C=O) groups excluding carboxylic acids is 1. The average molecular weight is 426 g/mol. The number of aryl methyl sites for hydroxylation is 3. The van der Waals surface area contributed by atoms with Gasteiger partial charge in [0, 0.05) is 11.4 Å². The van der Waals surface area contributed by atoms with E-state index in [0.29, 0.717) is 23.7 Å². The van der Waals surface area contributed by atoms with Crippen molar-refractivity contribution in [3.63, 3.8) is 0 Å². The lowest BCUT2D eigenvalue weighted by Crippen LogP contribution is -2.27. The largest absolute Gasteiger partial charge is 0.456 e. The Bertz CT molecular complexity index is 1320.